The Bertz CT molecular complexity index is 603. The zero-order chi connectivity index (χ0) is 20.0. The Morgan fingerprint density at radius 3 is 2.37 bits per heavy atom. The lowest BCUT2D eigenvalue weighted by atomic mass is 9.58. The lowest BCUT2D eigenvalue weighted by Gasteiger charge is -2.51. The van der Waals surface area contributed by atoms with E-state index in [9.17, 15) is 0 Å². The summed E-state index contributed by atoms with van der Waals surface area (Å²) in [6.07, 6.45) is 2.39. The van der Waals surface area contributed by atoms with E-state index in [0.717, 1.165) is 24.8 Å². The van der Waals surface area contributed by atoms with Gasteiger partial charge in [-0.15, -0.1) is 0 Å². The lowest BCUT2D eigenvalue weighted by Crippen LogP contribution is -2.52. The highest BCUT2D eigenvalue weighted by Gasteiger charge is 2.46. The zero-order valence-electron chi connectivity index (χ0n) is 18.5. The van der Waals surface area contributed by atoms with Gasteiger partial charge in [-0.25, -0.2) is 0 Å². The third-order valence-electron chi connectivity index (χ3n) is 4.32. The van der Waals surface area contributed by atoms with Gasteiger partial charge in [0.05, 0.1) is 0 Å². The smallest absolute Gasteiger partial charge is 0.0406 e. The van der Waals surface area contributed by atoms with Gasteiger partial charge < -0.3 is 4.90 Å². The second kappa shape index (κ2) is 5.85. The van der Waals surface area contributed by atoms with Crippen molar-refractivity contribution in [3.63, 3.8) is 0 Å². The average molecular weight is 287 g/mol. The summed E-state index contributed by atoms with van der Waals surface area (Å²) in [6, 6.07) is 7.06. The van der Waals surface area contributed by atoms with Crippen LogP contribution in [0.5, 0.6) is 0 Å². The van der Waals surface area contributed by atoms with Gasteiger partial charge in [-0.1, -0.05) is 43.9 Å². The Morgan fingerprint density at radius 1 is 1.32 bits per heavy atom. The molecule has 0 saturated heterocycles. The molecule has 1 aliphatic rings. The molecule has 2 heteroatoms. The van der Waals surface area contributed by atoms with Crippen molar-refractivity contribution < 1.29 is 9.60 Å². The fraction of sp³-hybridized carbons (Fsp3) is 0.647. The van der Waals surface area contributed by atoms with Crippen LogP contribution >= 0.6 is 11.6 Å². The molecular weight excluding hydrogens is 254 g/mol. The predicted molar refractivity (Wildman–Crippen MR) is 83.9 cm³/mol. The maximum Gasteiger partial charge on any atom is 0.0406 e. The molecule has 1 fully saturated rings. The molecule has 0 bridgehead atoms. The number of rotatable bonds is 5. The molecule has 1 aromatic rings. The molecule has 1 aromatic carbocycles. The van der Waals surface area contributed by atoms with Gasteiger partial charge in [-0.05, 0) is 56.9 Å². The topological polar surface area (TPSA) is 3.24 Å². The number of benzene rings is 1. The molecule has 1 unspecified atom stereocenters. The molecule has 1 saturated carbocycles. The van der Waals surface area contributed by atoms with Gasteiger partial charge in [0.2, 0.25) is 0 Å². The van der Waals surface area contributed by atoms with E-state index in [1.165, 1.54) is 0 Å². The standard InChI is InChI=1S/C17H26ClN/c1-13(2)12-16(19(3)4)17(10-5-11-17)14-6-8-15(18)9-7-14/h6-9,13,16H,5,10-12H2,1-4H3/i1D3,2D3,13D. The van der Waals surface area contributed by atoms with E-state index in [0.29, 0.717) is 5.02 Å². The molecule has 0 spiro atoms. The second-order valence-electron chi connectivity index (χ2n) is 5.68. The fourth-order valence-electron chi connectivity index (χ4n) is 3.22. The third kappa shape index (κ3) is 2.98. The summed E-state index contributed by atoms with van der Waals surface area (Å²) >= 11 is 6.00. The largest absolute Gasteiger partial charge is 0.306 e. The van der Waals surface area contributed by atoms with Crippen molar-refractivity contribution in [2.24, 2.45) is 5.89 Å². The summed E-state index contributed by atoms with van der Waals surface area (Å²) in [4.78, 5) is 1.87. The van der Waals surface area contributed by atoms with Crippen LogP contribution in [-0.4, -0.2) is 25.0 Å². The van der Waals surface area contributed by atoms with Crippen molar-refractivity contribution in [3.05, 3.63) is 34.9 Å². The molecule has 0 heterocycles. The average Bonchev–Trinajstić information content (AvgIpc) is 2.44. The summed E-state index contributed by atoms with van der Waals surface area (Å²) in [5, 5.41) is 0.615. The van der Waals surface area contributed by atoms with Crippen molar-refractivity contribution in [3.8, 4) is 0 Å². The summed E-state index contributed by atoms with van der Waals surface area (Å²) in [5.74, 6) is -2.52. The van der Waals surface area contributed by atoms with E-state index in [-0.39, 0.29) is 17.9 Å². The van der Waals surface area contributed by atoms with Crippen LogP contribution in [0, 0.1) is 5.89 Å². The maximum atomic E-state index is 8.45. The predicted octanol–water partition coefficient (Wildman–Crippen LogP) is 4.74. The van der Waals surface area contributed by atoms with Gasteiger partial charge in [0.1, 0.15) is 0 Å². The molecule has 0 amide bonds. The first-order valence-corrected chi connectivity index (χ1v) is 7.05. The van der Waals surface area contributed by atoms with Crippen molar-refractivity contribution in [1.82, 2.24) is 4.90 Å². The molecule has 1 aliphatic carbocycles. The highest BCUT2D eigenvalue weighted by atomic mass is 35.5. The lowest BCUT2D eigenvalue weighted by molar-refractivity contribution is 0.0808. The first kappa shape index (κ1) is 8.05. The summed E-state index contributed by atoms with van der Waals surface area (Å²) in [5.41, 5.74) is 0.655. The van der Waals surface area contributed by atoms with Crippen LogP contribution < -0.4 is 0 Å². The number of hydrogen-bond donors (Lipinski definition) is 0. The molecular formula is C17H26ClN. The van der Waals surface area contributed by atoms with Crippen LogP contribution in [0.15, 0.2) is 24.3 Å². The Balaban J connectivity index is 2.49. The molecule has 0 N–H and O–H groups in total. The van der Waals surface area contributed by atoms with Crippen LogP contribution in [0.25, 0.3) is 0 Å². The molecule has 19 heavy (non-hydrogen) atoms. The highest BCUT2D eigenvalue weighted by molar-refractivity contribution is 6.30. The van der Waals surface area contributed by atoms with E-state index in [4.69, 9.17) is 21.2 Å². The Labute approximate surface area is 132 Å². The first-order valence-electron chi connectivity index (χ1n) is 10.2. The van der Waals surface area contributed by atoms with Gasteiger partial charge >= 0.3 is 0 Å². The molecule has 1 atom stereocenters. The Morgan fingerprint density at radius 2 is 1.95 bits per heavy atom. The molecule has 2 rings (SSSR count). The van der Waals surface area contributed by atoms with Crippen LogP contribution in [0.3, 0.4) is 0 Å². The minimum atomic E-state index is -2.91. The molecule has 106 valence electrons. The second-order valence-corrected chi connectivity index (χ2v) is 6.12. The number of likely N-dealkylation sites (N-methyl/N-ethyl adjacent to an activating group) is 1. The van der Waals surface area contributed by atoms with E-state index in [1.807, 2.05) is 31.1 Å². The quantitative estimate of drug-likeness (QED) is 0.756. The Hall–Kier alpha value is -0.530. The summed E-state index contributed by atoms with van der Waals surface area (Å²) in [7, 11) is 3.64. The van der Waals surface area contributed by atoms with Crippen molar-refractivity contribution in [1.29, 1.82) is 0 Å². The highest BCUT2D eigenvalue weighted by Crippen LogP contribution is 2.49. The van der Waals surface area contributed by atoms with Crippen LogP contribution in [-0.2, 0) is 5.41 Å². The number of halogens is 1. The maximum absolute atomic E-state index is 8.45. The molecule has 0 radical (unpaired) electrons. The normalized spacial score (nSPS) is 26.8. The number of hydrogen-bond acceptors (Lipinski definition) is 1. The van der Waals surface area contributed by atoms with E-state index in [2.05, 4.69) is 0 Å². The van der Waals surface area contributed by atoms with E-state index >= 15 is 0 Å². The van der Waals surface area contributed by atoms with Crippen molar-refractivity contribution in [2.45, 2.75) is 50.8 Å². The SMILES string of the molecule is [2H]C([2H])([2H])C([2H])(CC(N(C)C)C1(c2ccc(Cl)cc2)CCC1)C([2H])([2H])[2H]. The number of nitrogens with zero attached hydrogens (tertiary/aromatic N) is 1. The van der Waals surface area contributed by atoms with Gasteiger partial charge in [0.15, 0.2) is 0 Å². The van der Waals surface area contributed by atoms with Crippen LogP contribution in [0.4, 0.5) is 0 Å². The third-order valence-corrected chi connectivity index (χ3v) is 4.58. The summed E-state index contributed by atoms with van der Waals surface area (Å²) in [6.45, 7) is -5.81. The van der Waals surface area contributed by atoms with Crippen molar-refractivity contribution in [2.75, 3.05) is 14.1 Å². The van der Waals surface area contributed by atoms with Gasteiger partial charge in [0.25, 0.3) is 0 Å². The minimum Gasteiger partial charge on any atom is -0.306 e. The van der Waals surface area contributed by atoms with Crippen LogP contribution in [0.1, 0.15) is 54.5 Å². The fourth-order valence-corrected chi connectivity index (χ4v) is 3.35. The Kier molecular flexibility index (Phi) is 2.48. The first-order chi connectivity index (χ1) is 11.7. The summed E-state index contributed by atoms with van der Waals surface area (Å²) < 4.78 is 54.9. The van der Waals surface area contributed by atoms with Gasteiger partial charge in [0, 0.05) is 26.1 Å². The van der Waals surface area contributed by atoms with E-state index in [1.54, 1.807) is 12.1 Å². The minimum absolute atomic E-state index is 0.254. The molecule has 0 aliphatic heterocycles. The van der Waals surface area contributed by atoms with Crippen LogP contribution in [0.2, 0.25) is 5.02 Å². The molecule has 1 nitrogen and oxygen atoms in total. The molecule has 0 aromatic heterocycles. The van der Waals surface area contributed by atoms with Gasteiger partial charge in [-0.2, -0.15) is 0 Å². The monoisotopic (exact) mass is 286 g/mol. The van der Waals surface area contributed by atoms with Gasteiger partial charge in [-0.3, -0.25) is 0 Å². The zero-order valence-corrected chi connectivity index (χ0v) is 12.3. The van der Waals surface area contributed by atoms with E-state index < -0.39 is 19.6 Å². The van der Waals surface area contributed by atoms with Crippen molar-refractivity contribution >= 4 is 11.6 Å².